The molecule has 1 saturated carbocycles. The molecule has 3 N–H and O–H groups in total. The van der Waals surface area contributed by atoms with Gasteiger partial charge in [-0.15, -0.1) is 0 Å². The van der Waals surface area contributed by atoms with E-state index in [0.29, 0.717) is 18.3 Å². The maximum atomic E-state index is 11.7. The van der Waals surface area contributed by atoms with Crippen molar-refractivity contribution in [2.24, 2.45) is 0 Å². The SMILES string of the molecule is CN(CCNC(=O)Nc1ccc(Cl)c(C(=O)O)c1)C1CC1. The van der Waals surface area contributed by atoms with Crippen molar-refractivity contribution in [1.29, 1.82) is 0 Å². The zero-order chi connectivity index (χ0) is 15.4. The second-order valence-corrected chi connectivity index (χ2v) is 5.50. The molecule has 0 unspecified atom stereocenters. The van der Waals surface area contributed by atoms with E-state index < -0.39 is 5.97 Å². The van der Waals surface area contributed by atoms with Crippen LogP contribution in [0.5, 0.6) is 0 Å². The summed E-state index contributed by atoms with van der Waals surface area (Å²) in [5.41, 5.74) is 0.354. The quantitative estimate of drug-likeness (QED) is 0.752. The number of nitrogens with zero attached hydrogens (tertiary/aromatic N) is 1. The van der Waals surface area contributed by atoms with Gasteiger partial charge in [-0.25, -0.2) is 9.59 Å². The lowest BCUT2D eigenvalue weighted by atomic mass is 10.2. The van der Waals surface area contributed by atoms with Crippen LogP contribution in [0.1, 0.15) is 23.2 Å². The van der Waals surface area contributed by atoms with Crippen LogP contribution < -0.4 is 10.6 Å². The van der Waals surface area contributed by atoms with Crippen molar-refractivity contribution < 1.29 is 14.7 Å². The molecule has 0 aromatic heterocycles. The molecule has 1 aromatic carbocycles. The molecule has 0 heterocycles. The Morgan fingerprint density at radius 3 is 2.76 bits per heavy atom. The summed E-state index contributed by atoms with van der Waals surface area (Å²) < 4.78 is 0. The smallest absolute Gasteiger partial charge is 0.337 e. The molecular formula is C14H18ClN3O3. The molecule has 2 rings (SSSR count). The van der Waals surface area contributed by atoms with E-state index in [0.717, 1.165) is 6.54 Å². The Balaban J connectivity index is 1.81. The van der Waals surface area contributed by atoms with Crippen molar-refractivity contribution in [2.75, 3.05) is 25.5 Å². The third-order valence-electron chi connectivity index (χ3n) is 3.37. The molecule has 114 valence electrons. The first-order valence-electron chi connectivity index (χ1n) is 6.75. The van der Waals surface area contributed by atoms with Crippen LogP contribution in [-0.2, 0) is 0 Å². The number of urea groups is 1. The highest BCUT2D eigenvalue weighted by atomic mass is 35.5. The zero-order valence-electron chi connectivity index (χ0n) is 11.7. The molecule has 7 heteroatoms. The van der Waals surface area contributed by atoms with E-state index in [2.05, 4.69) is 15.5 Å². The van der Waals surface area contributed by atoms with Gasteiger partial charge in [-0.3, -0.25) is 0 Å². The molecule has 0 aliphatic heterocycles. The van der Waals surface area contributed by atoms with Crippen molar-refractivity contribution in [2.45, 2.75) is 18.9 Å². The summed E-state index contributed by atoms with van der Waals surface area (Å²) in [6.45, 7) is 1.33. The molecule has 1 fully saturated rings. The van der Waals surface area contributed by atoms with Gasteiger partial charge in [-0.05, 0) is 38.1 Å². The number of nitrogens with one attached hydrogen (secondary N) is 2. The minimum Gasteiger partial charge on any atom is -0.478 e. The highest BCUT2D eigenvalue weighted by molar-refractivity contribution is 6.33. The van der Waals surface area contributed by atoms with Crippen molar-refractivity contribution in [3.05, 3.63) is 28.8 Å². The Morgan fingerprint density at radius 1 is 1.43 bits per heavy atom. The van der Waals surface area contributed by atoms with Gasteiger partial charge in [0.1, 0.15) is 0 Å². The van der Waals surface area contributed by atoms with Gasteiger partial charge >= 0.3 is 12.0 Å². The van der Waals surface area contributed by atoms with Gasteiger partial charge in [0.25, 0.3) is 0 Å². The number of likely N-dealkylation sites (N-methyl/N-ethyl adjacent to an activating group) is 1. The normalized spacial score (nSPS) is 14.0. The minimum absolute atomic E-state index is 0.0390. The van der Waals surface area contributed by atoms with Crippen LogP contribution in [0.2, 0.25) is 5.02 Å². The number of hydrogen-bond donors (Lipinski definition) is 3. The fraction of sp³-hybridized carbons (Fsp3) is 0.429. The third kappa shape index (κ3) is 4.61. The molecule has 6 nitrogen and oxygen atoms in total. The maximum absolute atomic E-state index is 11.7. The van der Waals surface area contributed by atoms with Gasteiger partial charge in [0, 0.05) is 24.8 Å². The van der Waals surface area contributed by atoms with Gasteiger partial charge in [-0.1, -0.05) is 11.6 Å². The Hall–Kier alpha value is -1.79. The lowest BCUT2D eigenvalue weighted by Gasteiger charge is -2.16. The minimum atomic E-state index is -1.13. The van der Waals surface area contributed by atoms with Gasteiger partial charge < -0.3 is 20.6 Å². The van der Waals surface area contributed by atoms with Gasteiger partial charge in [0.05, 0.1) is 10.6 Å². The molecule has 0 spiro atoms. The fourth-order valence-corrected chi connectivity index (χ4v) is 2.18. The lowest BCUT2D eigenvalue weighted by molar-refractivity contribution is 0.0697. The lowest BCUT2D eigenvalue weighted by Crippen LogP contribution is -2.36. The van der Waals surface area contributed by atoms with Crippen LogP contribution in [0.25, 0.3) is 0 Å². The van der Waals surface area contributed by atoms with Gasteiger partial charge in [0.2, 0.25) is 0 Å². The molecule has 0 saturated heterocycles. The summed E-state index contributed by atoms with van der Waals surface area (Å²) in [4.78, 5) is 24.9. The van der Waals surface area contributed by atoms with Gasteiger partial charge in [-0.2, -0.15) is 0 Å². The Labute approximate surface area is 128 Å². The number of hydrogen-bond acceptors (Lipinski definition) is 3. The number of carboxylic acids is 1. The zero-order valence-corrected chi connectivity index (χ0v) is 12.5. The first-order chi connectivity index (χ1) is 9.97. The summed E-state index contributed by atoms with van der Waals surface area (Å²) >= 11 is 5.77. The topological polar surface area (TPSA) is 81.7 Å². The number of anilines is 1. The van der Waals surface area contributed by atoms with Gasteiger partial charge in [0.15, 0.2) is 0 Å². The fourth-order valence-electron chi connectivity index (χ4n) is 1.99. The number of amides is 2. The molecular weight excluding hydrogens is 294 g/mol. The number of benzene rings is 1. The van der Waals surface area contributed by atoms with E-state index in [-0.39, 0.29) is 16.6 Å². The molecule has 0 radical (unpaired) electrons. The number of halogens is 1. The molecule has 0 bridgehead atoms. The summed E-state index contributed by atoms with van der Waals surface area (Å²) in [5, 5.41) is 14.4. The average Bonchev–Trinajstić information content (AvgIpc) is 3.25. The second-order valence-electron chi connectivity index (χ2n) is 5.09. The van der Waals surface area contributed by atoms with Crippen LogP contribution >= 0.6 is 11.6 Å². The number of rotatable bonds is 6. The van der Waals surface area contributed by atoms with E-state index in [1.54, 1.807) is 6.07 Å². The van der Waals surface area contributed by atoms with E-state index in [9.17, 15) is 9.59 Å². The standard InChI is InChI=1S/C14H18ClN3O3/c1-18(10-3-4-10)7-6-16-14(21)17-9-2-5-12(15)11(8-9)13(19)20/h2,5,8,10H,3-4,6-7H2,1H3,(H,19,20)(H2,16,17,21). The van der Waals surface area contributed by atoms with E-state index in [1.165, 1.54) is 25.0 Å². The first-order valence-corrected chi connectivity index (χ1v) is 7.13. The average molecular weight is 312 g/mol. The Morgan fingerprint density at radius 2 is 2.14 bits per heavy atom. The molecule has 0 atom stereocenters. The highest BCUT2D eigenvalue weighted by Crippen LogP contribution is 2.24. The monoisotopic (exact) mass is 311 g/mol. The summed E-state index contributed by atoms with van der Waals surface area (Å²) in [5.74, 6) is -1.13. The highest BCUT2D eigenvalue weighted by Gasteiger charge is 2.25. The Kier molecular flexibility index (Phi) is 5.03. The third-order valence-corrected chi connectivity index (χ3v) is 3.70. The predicted molar refractivity (Wildman–Crippen MR) is 81.1 cm³/mol. The van der Waals surface area contributed by atoms with Crippen LogP contribution in [0.4, 0.5) is 10.5 Å². The molecule has 2 amide bonds. The predicted octanol–water partition coefficient (Wildman–Crippen LogP) is 2.25. The number of carboxylic acid groups (broad SMARTS) is 1. The number of carbonyl (C=O) groups is 2. The van der Waals surface area contributed by atoms with Crippen molar-refractivity contribution >= 4 is 29.3 Å². The molecule has 1 aliphatic rings. The van der Waals surface area contributed by atoms with Crippen molar-refractivity contribution in [3.8, 4) is 0 Å². The maximum Gasteiger partial charge on any atom is 0.337 e. The number of aromatic carboxylic acids is 1. The first kappa shape index (κ1) is 15.6. The largest absolute Gasteiger partial charge is 0.478 e. The molecule has 21 heavy (non-hydrogen) atoms. The van der Waals surface area contributed by atoms with Crippen LogP contribution in [-0.4, -0.2) is 48.2 Å². The van der Waals surface area contributed by atoms with E-state index >= 15 is 0 Å². The molecule has 1 aliphatic carbocycles. The summed E-state index contributed by atoms with van der Waals surface area (Å²) in [7, 11) is 2.04. The second kappa shape index (κ2) is 6.78. The van der Waals surface area contributed by atoms with E-state index in [1.807, 2.05) is 7.05 Å². The van der Waals surface area contributed by atoms with Crippen LogP contribution in [0, 0.1) is 0 Å². The van der Waals surface area contributed by atoms with E-state index in [4.69, 9.17) is 16.7 Å². The molecule has 1 aromatic rings. The van der Waals surface area contributed by atoms with Crippen molar-refractivity contribution in [3.63, 3.8) is 0 Å². The van der Waals surface area contributed by atoms with Crippen molar-refractivity contribution in [1.82, 2.24) is 10.2 Å². The summed E-state index contributed by atoms with van der Waals surface area (Å²) in [6.07, 6.45) is 2.46. The Bertz CT molecular complexity index is 546. The van der Waals surface area contributed by atoms with Crippen LogP contribution in [0.15, 0.2) is 18.2 Å². The summed E-state index contributed by atoms with van der Waals surface area (Å²) in [6, 6.07) is 4.63. The van der Waals surface area contributed by atoms with Crippen LogP contribution in [0.3, 0.4) is 0 Å². The number of carbonyl (C=O) groups excluding carboxylic acids is 1.